The van der Waals surface area contributed by atoms with Gasteiger partial charge >= 0.3 is 0 Å². The number of pyridine rings is 2. The van der Waals surface area contributed by atoms with Gasteiger partial charge in [-0.2, -0.15) is 0 Å². The molecule has 7 aromatic rings. The van der Waals surface area contributed by atoms with Gasteiger partial charge in [0, 0.05) is 23.5 Å². The van der Waals surface area contributed by atoms with Crippen molar-refractivity contribution in [3.05, 3.63) is 134 Å². The molecule has 2 heteroatoms. The first-order valence-corrected chi connectivity index (χ1v) is 12.2. The van der Waals surface area contributed by atoms with Crippen molar-refractivity contribution in [3.8, 4) is 33.6 Å². The van der Waals surface area contributed by atoms with E-state index in [-0.39, 0.29) is 0 Å². The largest absolute Gasteiger partial charge is 0.265 e. The molecule has 2 aromatic heterocycles. The summed E-state index contributed by atoms with van der Waals surface area (Å²) in [5.41, 5.74) is 6.64. The topological polar surface area (TPSA) is 25.8 Å². The predicted octanol–water partition coefficient (Wildman–Crippen LogP) is 8.94. The molecule has 0 radical (unpaired) electrons. The first-order valence-electron chi connectivity index (χ1n) is 12.2. The lowest BCUT2D eigenvalue weighted by molar-refractivity contribution is 1.29. The zero-order valence-corrected chi connectivity index (χ0v) is 19.6. The smallest absolute Gasteiger partial charge is 0.0722 e. The van der Waals surface area contributed by atoms with E-state index in [0.717, 1.165) is 17.0 Å². The third-order valence-corrected chi connectivity index (χ3v) is 6.95. The molecule has 0 N–H and O–H groups in total. The van der Waals surface area contributed by atoms with Crippen molar-refractivity contribution in [3.63, 3.8) is 0 Å². The third kappa shape index (κ3) is 3.35. The Hall–Kier alpha value is -4.82. The molecule has 168 valence electrons. The number of hydrogen-bond donors (Lipinski definition) is 0. The minimum Gasteiger partial charge on any atom is -0.265 e. The van der Waals surface area contributed by atoms with Gasteiger partial charge in [0.05, 0.1) is 11.4 Å². The van der Waals surface area contributed by atoms with Crippen molar-refractivity contribution in [1.82, 2.24) is 9.97 Å². The Bertz CT molecular complexity index is 1830. The average molecular weight is 459 g/mol. The summed E-state index contributed by atoms with van der Waals surface area (Å²) in [4.78, 5) is 9.29. The first-order chi connectivity index (χ1) is 17.9. The van der Waals surface area contributed by atoms with E-state index in [1.165, 1.54) is 49.0 Å². The van der Waals surface area contributed by atoms with E-state index in [9.17, 15) is 0 Å². The van der Waals surface area contributed by atoms with Gasteiger partial charge in [-0.3, -0.25) is 4.98 Å². The van der Waals surface area contributed by atoms with Gasteiger partial charge in [0.1, 0.15) is 0 Å². The van der Waals surface area contributed by atoms with Crippen molar-refractivity contribution < 1.29 is 0 Å². The molecule has 0 aliphatic heterocycles. The van der Waals surface area contributed by atoms with Crippen molar-refractivity contribution in [2.24, 2.45) is 0 Å². The van der Waals surface area contributed by atoms with Gasteiger partial charge in [-0.15, -0.1) is 0 Å². The van der Waals surface area contributed by atoms with Crippen LogP contribution in [-0.4, -0.2) is 9.97 Å². The maximum atomic E-state index is 5.13. The average Bonchev–Trinajstić information content (AvgIpc) is 2.96. The van der Waals surface area contributed by atoms with Crippen molar-refractivity contribution in [1.29, 1.82) is 0 Å². The van der Waals surface area contributed by atoms with Gasteiger partial charge < -0.3 is 0 Å². The van der Waals surface area contributed by atoms with Crippen LogP contribution in [0.1, 0.15) is 0 Å². The van der Waals surface area contributed by atoms with E-state index in [1.54, 1.807) is 0 Å². The molecule has 0 saturated carbocycles. The quantitative estimate of drug-likeness (QED) is 0.247. The van der Waals surface area contributed by atoms with Crippen molar-refractivity contribution in [2.45, 2.75) is 0 Å². The Morgan fingerprint density at radius 1 is 0.389 bits per heavy atom. The minimum absolute atomic E-state index is 0.946. The fraction of sp³-hybridized carbons (Fsp3) is 0. The normalized spacial score (nSPS) is 11.3. The standard InChI is InChI=1S/C34H22N2/c1-2-9-25-22-26(17-16-23(25)8-1)33-27-10-3-5-12-29(27)34(30-13-6-4-11-28(30)33)32-15-7-14-31(36-32)24-18-20-35-21-19-24/h1-22H. The van der Waals surface area contributed by atoms with E-state index in [2.05, 4.69) is 114 Å². The number of nitrogens with zero attached hydrogens (tertiary/aromatic N) is 2. The molecule has 2 nitrogen and oxygen atoms in total. The summed E-state index contributed by atoms with van der Waals surface area (Å²) in [7, 11) is 0. The number of benzene rings is 5. The van der Waals surface area contributed by atoms with Crippen molar-refractivity contribution >= 4 is 32.3 Å². The molecule has 36 heavy (non-hydrogen) atoms. The van der Waals surface area contributed by atoms with Crippen molar-refractivity contribution in [2.75, 3.05) is 0 Å². The fourth-order valence-electron chi connectivity index (χ4n) is 5.32. The molecule has 5 aromatic carbocycles. The van der Waals surface area contributed by atoms with Gasteiger partial charge in [0.25, 0.3) is 0 Å². The van der Waals surface area contributed by atoms with Crippen LogP contribution < -0.4 is 0 Å². The van der Waals surface area contributed by atoms with Crippen LogP contribution in [0, 0.1) is 0 Å². The molecule has 0 amide bonds. The second-order valence-electron chi connectivity index (χ2n) is 9.05. The summed E-state index contributed by atoms with van der Waals surface area (Å²) in [5, 5.41) is 7.38. The van der Waals surface area contributed by atoms with E-state index >= 15 is 0 Å². The molecule has 2 heterocycles. The van der Waals surface area contributed by atoms with Crippen LogP contribution >= 0.6 is 0 Å². The molecule has 0 atom stereocenters. The van der Waals surface area contributed by atoms with Crippen LogP contribution in [0.3, 0.4) is 0 Å². The highest BCUT2D eigenvalue weighted by atomic mass is 14.7. The predicted molar refractivity (Wildman–Crippen MR) is 151 cm³/mol. The SMILES string of the molecule is c1cc(-c2ccncc2)nc(-c2c3ccccc3c(-c3ccc4ccccc4c3)c3ccccc23)c1. The Labute approximate surface area is 209 Å². The highest BCUT2D eigenvalue weighted by molar-refractivity contribution is 6.21. The van der Waals surface area contributed by atoms with Crippen LogP contribution in [0.15, 0.2) is 134 Å². The van der Waals surface area contributed by atoms with Crippen LogP contribution in [-0.2, 0) is 0 Å². The minimum atomic E-state index is 0.946. The first kappa shape index (κ1) is 20.5. The number of fused-ring (bicyclic) bond motifs is 3. The van der Waals surface area contributed by atoms with E-state index < -0.39 is 0 Å². The van der Waals surface area contributed by atoms with Crippen LogP contribution in [0.2, 0.25) is 0 Å². The zero-order valence-electron chi connectivity index (χ0n) is 19.6. The van der Waals surface area contributed by atoms with Crippen LogP contribution in [0.25, 0.3) is 66.0 Å². The lowest BCUT2D eigenvalue weighted by Gasteiger charge is -2.18. The summed E-state index contributed by atoms with van der Waals surface area (Å²) < 4.78 is 0. The van der Waals surface area contributed by atoms with Crippen LogP contribution in [0.4, 0.5) is 0 Å². The molecule has 7 rings (SSSR count). The Kier molecular flexibility index (Phi) is 4.82. The molecule has 0 aliphatic rings. The second-order valence-corrected chi connectivity index (χ2v) is 9.05. The highest BCUT2D eigenvalue weighted by Crippen LogP contribution is 2.43. The maximum Gasteiger partial charge on any atom is 0.0722 e. The molecular formula is C34H22N2. The Balaban J connectivity index is 1.55. The molecular weight excluding hydrogens is 436 g/mol. The highest BCUT2D eigenvalue weighted by Gasteiger charge is 2.17. The molecule has 0 unspecified atom stereocenters. The number of rotatable bonds is 3. The lowest BCUT2D eigenvalue weighted by atomic mass is 9.86. The summed E-state index contributed by atoms with van der Waals surface area (Å²) in [6, 6.07) is 43.1. The summed E-state index contributed by atoms with van der Waals surface area (Å²) in [6.07, 6.45) is 3.62. The van der Waals surface area contributed by atoms with Gasteiger partial charge in [-0.05, 0) is 73.8 Å². The maximum absolute atomic E-state index is 5.13. The number of hydrogen-bond acceptors (Lipinski definition) is 2. The van der Waals surface area contributed by atoms with Gasteiger partial charge in [-0.25, -0.2) is 4.98 Å². The molecule has 0 aliphatic carbocycles. The molecule has 0 bridgehead atoms. The van der Waals surface area contributed by atoms with Gasteiger partial charge in [0.15, 0.2) is 0 Å². The lowest BCUT2D eigenvalue weighted by Crippen LogP contribution is -1.93. The van der Waals surface area contributed by atoms with Gasteiger partial charge in [-0.1, -0.05) is 91.0 Å². The van der Waals surface area contributed by atoms with Crippen LogP contribution in [0.5, 0.6) is 0 Å². The Morgan fingerprint density at radius 3 is 1.67 bits per heavy atom. The Morgan fingerprint density at radius 2 is 0.972 bits per heavy atom. The molecule has 0 fully saturated rings. The molecule has 0 spiro atoms. The molecule has 0 saturated heterocycles. The van der Waals surface area contributed by atoms with Gasteiger partial charge in [0.2, 0.25) is 0 Å². The zero-order chi connectivity index (χ0) is 23.9. The summed E-state index contributed by atoms with van der Waals surface area (Å²) >= 11 is 0. The van der Waals surface area contributed by atoms with E-state index in [4.69, 9.17) is 4.98 Å². The summed E-state index contributed by atoms with van der Waals surface area (Å²) in [6.45, 7) is 0. The van der Waals surface area contributed by atoms with E-state index in [0.29, 0.717) is 0 Å². The van der Waals surface area contributed by atoms with E-state index in [1.807, 2.05) is 24.5 Å². The number of aromatic nitrogens is 2. The fourth-order valence-corrected chi connectivity index (χ4v) is 5.32. The summed E-state index contributed by atoms with van der Waals surface area (Å²) in [5.74, 6) is 0. The third-order valence-electron chi connectivity index (χ3n) is 6.95. The second kappa shape index (κ2) is 8.44. The monoisotopic (exact) mass is 458 g/mol.